The van der Waals surface area contributed by atoms with E-state index in [9.17, 15) is 0 Å². The quantitative estimate of drug-likeness (QED) is 0.753. The molecule has 1 unspecified atom stereocenters. The molecule has 74 valence electrons. The largest absolute Gasteiger partial charge is 0.495 e. The van der Waals surface area contributed by atoms with Crippen LogP contribution in [-0.4, -0.2) is 20.1 Å². The van der Waals surface area contributed by atoms with Crippen LogP contribution in [0, 0.1) is 0 Å². The van der Waals surface area contributed by atoms with Gasteiger partial charge in [0.2, 0.25) is 0 Å². The van der Waals surface area contributed by atoms with Gasteiger partial charge in [-0.15, -0.1) is 0 Å². The molecule has 0 saturated heterocycles. The Morgan fingerprint density at radius 3 is 3.00 bits per heavy atom. The third-order valence-corrected chi connectivity index (χ3v) is 2.43. The van der Waals surface area contributed by atoms with E-state index < -0.39 is 0 Å². The van der Waals surface area contributed by atoms with Gasteiger partial charge in [-0.3, -0.25) is 0 Å². The summed E-state index contributed by atoms with van der Waals surface area (Å²) < 4.78 is 10.1. The maximum Gasteiger partial charge on any atom is 0.170 e. The predicted molar refractivity (Wildman–Crippen MR) is 55.2 cm³/mol. The van der Waals surface area contributed by atoms with Crippen molar-refractivity contribution in [2.75, 3.05) is 13.7 Å². The van der Waals surface area contributed by atoms with Crippen molar-refractivity contribution in [3.8, 4) is 5.75 Å². The number of aliphatic imine (C=N–C) groups is 1. The van der Waals surface area contributed by atoms with Crippen molar-refractivity contribution >= 4 is 18.0 Å². The van der Waals surface area contributed by atoms with Gasteiger partial charge in [0.25, 0.3) is 0 Å². The van der Waals surface area contributed by atoms with E-state index in [1.807, 2.05) is 18.2 Å². The van der Waals surface area contributed by atoms with Crippen LogP contribution in [-0.2, 0) is 4.74 Å². The van der Waals surface area contributed by atoms with Gasteiger partial charge in [-0.25, -0.2) is 4.99 Å². The molecule has 1 aromatic rings. The lowest BCUT2D eigenvalue weighted by atomic mass is 10.1. The average molecular weight is 212 g/mol. The maximum atomic E-state index is 5.99. The monoisotopic (exact) mass is 211 g/mol. The fourth-order valence-electron chi connectivity index (χ4n) is 1.37. The molecule has 0 spiro atoms. The molecule has 1 heterocycles. The zero-order chi connectivity index (χ0) is 9.97. The normalized spacial score (nSPS) is 19.4. The Hall–Kier alpha value is -1.22. The number of hydrogen-bond donors (Lipinski definition) is 0. The van der Waals surface area contributed by atoms with E-state index in [4.69, 9.17) is 21.1 Å². The highest BCUT2D eigenvalue weighted by Crippen LogP contribution is 2.29. The summed E-state index contributed by atoms with van der Waals surface area (Å²) in [5.41, 5.74) is 1.05. The Bertz CT molecular complexity index is 365. The minimum absolute atomic E-state index is 0.0680. The fourth-order valence-corrected chi connectivity index (χ4v) is 1.63. The second-order valence-corrected chi connectivity index (χ2v) is 3.40. The van der Waals surface area contributed by atoms with E-state index in [0.29, 0.717) is 17.4 Å². The molecule has 1 aromatic carbocycles. The van der Waals surface area contributed by atoms with Gasteiger partial charge < -0.3 is 9.47 Å². The molecule has 3 nitrogen and oxygen atoms in total. The molecule has 1 aliphatic rings. The zero-order valence-electron chi connectivity index (χ0n) is 7.74. The van der Waals surface area contributed by atoms with Crippen LogP contribution < -0.4 is 4.74 Å². The Labute approximate surface area is 87.3 Å². The van der Waals surface area contributed by atoms with Crippen molar-refractivity contribution in [3.63, 3.8) is 0 Å². The number of hydrogen-bond acceptors (Lipinski definition) is 3. The highest BCUT2D eigenvalue weighted by atomic mass is 35.5. The minimum Gasteiger partial charge on any atom is -0.495 e. The molecule has 0 saturated carbocycles. The molecule has 0 aromatic heterocycles. The van der Waals surface area contributed by atoms with Crippen molar-refractivity contribution in [3.05, 3.63) is 28.8 Å². The van der Waals surface area contributed by atoms with Crippen LogP contribution in [0.1, 0.15) is 11.6 Å². The third-order valence-electron chi connectivity index (χ3n) is 2.13. The van der Waals surface area contributed by atoms with E-state index in [-0.39, 0.29) is 6.04 Å². The highest BCUT2D eigenvalue weighted by molar-refractivity contribution is 6.32. The fraction of sp³-hybridized carbons (Fsp3) is 0.300. The molecule has 0 N–H and O–H groups in total. The molecule has 4 heteroatoms. The highest BCUT2D eigenvalue weighted by Gasteiger charge is 2.15. The van der Waals surface area contributed by atoms with Crippen LogP contribution >= 0.6 is 11.6 Å². The lowest BCUT2D eigenvalue weighted by molar-refractivity contribution is 0.330. The lowest BCUT2D eigenvalue weighted by Crippen LogP contribution is -1.97. The SMILES string of the molecule is COc1ccc(C2COC=N2)cc1Cl. The Kier molecular flexibility index (Phi) is 2.59. The summed E-state index contributed by atoms with van der Waals surface area (Å²) in [4.78, 5) is 4.16. The van der Waals surface area contributed by atoms with E-state index in [1.54, 1.807) is 7.11 Å². The van der Waals surface area contributed by atoms with Gasteiger partial charge in [0.15, 0.2) is 6.40 Å². The van der Waals surface area contributed by atoms with E-state index in [0.717, 1.165) is 5.56 Å². The summed E-state index contributed by atoms with van der Waals surface area (Å²) in [6.07, 6.45) is 1.48. The van der Waals surface area contributed by atoms with Crippen LogP contribution in [0.15, 0.2) is 23.2 Å². The van der Waals surface area contributed by atoms with E-state index in [2.05, 4.69) is 4.99 Å². The molecule has 0 aliphatic carbocycles. The van der Waals surface area contributed by atoms with Gasteiger partial charge in [0.1, 0.15) is 18.4 Å². The van der Waals surface area contributed by atoms with Gasteiger partial charge >= 0.3 is 0 Å². The van der Waals surface area contributed by atoms with Crippen molar-refractivity contribution in [2.24, 2.45) is 4.99 Å². The molecular formula is C10H10ClNO2. The Balaban J connectivity index is 2.27. The predicted octanol–water partition coefficient (Wildman–Crippen LogP) is 2.45. The molecule has 1 aliphatic heterocycles. The van der Waals surface area contributed by atoms with Crippen molar-refractivity contribution in [1.82, 2.24) is 0 Å². The summed E-state index contributed by atoms with van der Waals surface area (Å²) in [6, 6.07) is 5.71. The molecule has 14 heavy (non-hydrogen) atoms. The molecule has 2 rings (SSSR count). The van der Waals surface area contributed by atoms with Crippen LogP contribution in [0.5, 0.6) is 5.75 Å². The number of benzene rings is 1. The standard InChI is InChI=1S/C10H10ClNO2/c1-13-10-3-2-7(4-8(10)11)9-5-14-6-12-9/h2-4,6,9H,5H2,1H3. The number of halogens is 1. The first-order chi connectivity index (χ1) is 6.81. The molecular weight excluding hydrogens is 202 g/mol. The maximum absolute atomic E-state index is 5.99. The van der Waals surface area contributed by atoms with Crippen molar-refractivity contribution in [2.45, 2.75) is 6.04 Å². The number of methoxy groups -OCH3 is 1. The first-order valence-electron chi connectivity index (χ1n) is 4.28. The van der Waals surface area contributed by atoms with Crippen LogP contribution in [0.2, 0.25) is 5.02 Å². The van der Waals surface area contributed by atoms with Gasteiger partial charge in [-0.05, 0) is 17.7 Å². The van der Waals surface area contributed by atoms with Crippen molar-refractivity contribution in [1.29, 1.82) is 0 Å². The molecule has 0 radical (unpaired) electrons. The molecule has 0 amide bonds. The lowest BCUT2D eigenvalue weighted by Gasteiger charge is -2.08. The zero-order valence-corrected chi connectivity index (χ0v) is 8.49. The number of nitrogens with zero attached hydrogens (tertiary/aromatic N) is 1. The topological polar surface area (TPSA) is 30.8 Å². The number of ether oxygens (including phenoxy) is 2. The summed E-state index contributed by atoms with van der Waals surface area (Å²) in [5.74, 6) is 0.679. The van der Waals surface area contributed by atoms with Crippen molar-refractivity contribution < 1.29 is 9.47 Å². The third kappa shape index (κ3) is 1.68. The molecule has 0 bridgehead atoms. The van der Waals surface area contributed by atoms with Crippen LogP contribution in [0.25, 0.3) is 0 Å². The van der Waals surface area contributed by atoms with E-state index >= 15 is 0 Å². The minimum atomic E-state index is 0.0680. The summed E-state index contributed by atoms with van der Waals surface area (Å²) in [5, 5.41) is 0.604. The van der Waals surface area contributed by atoms with Crippen LogP contribution in [0.3, 0.4) is 0 Å². The number of rotatable bonds is 2. The van der Waals surface area contributed by atoms with Crippen LogP contribution in [0.4, 0.5) is 0 Å². The Morgan fingerprint density at radius 2 is 2.43 bits per heavy atom. The Morgan fingerprint density at radius 1 is 1.57 bits per heavy atom. The summed E-state index contributed by atoms with van der Waals surface area (Å²) >= 11 is 5.99. The van der Waals surface area contributed by atoms with E-state index in [1.165, 1.54) is 6.40 Å². The first kappa shape index (κ1) is 9.34. The second kappa shape index (κ2) is 3.88. The van der Waals surface area contributed by atoms with Gasteiger partial charge in [0, 0.05) is 0 Å². The summed E-state index contributed by atoms with van der Waals surface area (Å²) in [6.45, 7) is 0.586. The summed E-state index contributed by atoms with van der Waals surface area (Å²) in [7, 11) is 1.59. The first-order valence-corrected chi connectivity index (χ1v) is 4.66. The van der Waals surface area contributed by atoms with Gasteiger partial charge in [-0.1, -0.05) is 17.7 Å². The smallest absolute Gasteiger partial charge is 0.170 e. The second-order valence-electron chi connectivity index (χ2n) is 3.00. The average Bonchev–Trinajstić information content (AvgIpc) is 2.70. The molecule has 1 atom stereocenters. The van der Waals surface area contributed by atoms with Gasteiger partial charge in [-0.2, -0.15) is 0 Å². The van der Waals surface area contributed by atoms with Gasteiger partial charge in [0.05, 0.1) is 12.1 Å². The molecule has 0 fully saturated rings.